The van der Waals surface area contributed by atoms with E-state index < -0.39 is 0 Å². The van der Waals surface area contributed by atoms with Crippen molar-refractivity contribution in [3.05, 3.63) is 23.9 Å². The number of rotatable bonds is 3. The van der Waals surface area contributed by atoms with E-state index in [2.05, 4.69) is 24.1 Å². The molecule has 0 aliphatic heterocycles. The van der Waals surface area contributed by atoms with Gasteiger partial charge in [-0.15, -0.1) is 0 Å². The van der Waals surface area contributed by atoms with Gasteiger partial charge in [-0.2, -0.15) is 0 Å². The molecular formula is C10H17N3. The number of nitrogens with one attached hydrogen (secondary N) is 1. The fourth-order valence-electron chi connectivity index (χ4n) is 0.988. The quantitative estimate of drug-likeness (QED) is 0.740. The van der Waals surface area contributed by atoms with Crippen LogP contribution in [0.2, 0.25) is 0 Å². The van der Waals surface area contributed by atoms with E-state index in [-0.39, 0.29) is 5.54 Å². The van der Waals surface area contributed by atoms with Gasteiger partial charge in [-0.1, -0.05) is 6.07 Å². The zero-order valence-corrected chi connectivity index (χ0v) is 8.46. The lowest BCUT2D eigenvalue weighted by molar-refractivity contribution is 0.577. The van der Waals surface area contributed by atoms with Crippen LogP contribution in [0.1, 0.15) is 19.4 Å². The predicted molar refractivity (Wildman–Crippen MR) is 55.7 cm³/mol. The molecule has 1 aromatic heterocycles. The van der Waals surface area contributed by atoms with Crippen LogP contribution in [-0.2, 0) is 0 Å². The summed E-state index contributed by atoms with van der Waals surface area (Å²) in [4.78, 5) is 4.24. The molecule has 0 amide bonds. The van der Waals surface area contributed by atoms with Gasteiger partial charge in [-0.05, 0) is 32.4 Å². The number of hydrogen-bond acceptors (Lipinski definition) is 3. The molecule has 0 atom stereocenters. The van der Waals surface area contributed by atoms with Crippen molar-refractivity contribution in [3.63, 3.8) is 0 Å². The number of aromatic nitrogens is 1. The fraction of sp³-hybridized carbons (Fsp3) is 0.500. The highest BCUT2D eigenvalue weighted by molar-refractivity contribution is 5.44. The lowest BCUT2D eigenvalue weighted by atomic mass is 10.1. The number of aryl methyl sites for hydroxylation is 1. The summed E-state index contributed by atoms with van der Waals surface area (Å²) >= 11 is 0. The topological polar surface area (TPSA) is 50.9 Å². The molecule has 0 radical (unpaired) electrons. The van der Waals surface area contributed by atoms with Crippen molar-refractivity contribution in [1.29, 1.82) is 0 Å². The molecule has 3 heteroatoms. The molecule has 0 aliphatic rings. The molecule has 0 bridgehead atoms. The summed E-state index contributed by atoms with van der Waals surface area (Å²) in [5, 5.41) is 3.30. The van der Waals surface area contributed by atoms with Crippen molar-refractivity contribution >= 4 is 5.82 Å². The highest BCUT2D eigenvalue weighted by atomic mass is 15.1. The van der Waals surface area contributed by atoms with Crippen LogP contribution in [0.15, 0.2) is 18.3 Å². The summed E-state index contributed by atoms with van der Waals surface area (Å²) in [5.74, 6) is 0.915. The standard InChI is InChI=1S/C10H17N3/c1-8-5-4-6-12-9(8)13-10(2,3)7-11/h4-6H,7,11H2,1-3H3,(H,12,13). The van der Waals surface area contributed by atoms with Crippen molar-refractivity contribution in [2.75, 3.05) is 11.9 Å². The van der Waals surface area contributed by atoms with E-state index in [4.69, 9.17) is 5.73 Å². The summed E-state index contributed by atoms with van der Waals surface area (Å²) in [6.07, 6.45) is 1.78. The third kappa shape index (κ3) is 2.70. The van der Waals surface area contributed by atoms with Crippen molar-refractivity contribution in [1.82, 2.24) is 4.98 Å². The molecular weight excluding hydrogens is 162 g/mol. The average molecular weight is 179 g/mol. The molecule has 0 fully saturated rings. The Labute approximate surface area is 79.4 Å². The number of nitrogens with zero attached hydrogens (tertiary/aromatic N) is 1. The maximum atomic E-state index is 5.61. The molecule has 0 spiro atoms. The van der Waals surface area contributed by atoms with Gasteiger partial charge in [0.1, 0.15) is 5.82 Å². The zero-order valence-electron chi connectivity index (χ0n) is 8.46. The van der Waals surface area contributed by atoms with Crippen LogP contribution in [0.4, 0.5) is 5.82 Å². The van der Waals surface area contributed by atoms with E-state index in [1.807, 2.05) is 19.1 Å². The Bertz CT molecular complexity index is 281. The minimum Gasteiger partial charge on any atom is -0.364 e. The molecule has 1 rings (SSSR count). The van der Waals surface area contributed by atoms with Gasteiger partial charge in [0.15, 0.2) is 0 Å². The molecule has 1 heterocycles. The highest BCUT2D eigenvalue weighted by Crippen LogP contribution is 2.14. The van der Waals surface area contributed by atoms with Gasteiger partial charge in [-0.3, -0.25) is 0 Å². The van der Waals surface area contributed by atoms with E-state index in [0.717, 1.165) is 11.4 Å². The summed E-state index contributed by atoms with van der Waals surface area (Å²) in [6.45, 7) is 6.73. The molecule has 13 heavy (non-hydrogen) atoms. The Hall–Kier alpha value is -1.09. The Morgan fingerprint density at radius 2 is 2.23 bits per heavy atom. The Morgan fingerprint density at radius 3 is 2.77 bits per heavy atom. The molecule has 0 aromatic carbocycles. The normalized spacial score (nSPS) is 11.4. The second-order valence-electron chi connectivity index (χ2n) is 3.88. The predicted octanol–water partition coefficient (Wildman–Crippen LogP) is 1.54. The first-order valence-electron chi connectivity index (χ1n) is 4.45. The van der Waals surface area contributed by atoms with Crippen LogP contribution >= 0.6 is 0 Å². The third-order valence-electron chi connectivity index (χ3n) is 1.98. The maximum Gasteiger partial charge on any atom is 0.129 e. The SMILES string of the molecule is Cc1cccnc1NC(C)(C)CN. The van der Waals surface area contributed by atoms with Crippen molar-refractivity contribution in [2.24, 2.45) is 5.73 Å². The first kappa shape index (κ1) is 9.99. The van der Waals surface area contributed by atoms with Crippen LogP contribution in [0, 0.1) is 6.92 Å². The zero-order chi connectivity index (χ0) is 9.90. The van der Waals surface area contributed by atoms with E-state index in [9.17, 15) is 0 Å². The van der Waals surface area contributed by atoms with E-state index >= 15 is 0 Å². The molecule has 3 nitrogen and oxygen atoms in total. The average Bonchev–Trinajstić information content (AvgIpc) is 2.09. The molecule has 72 valence electrons. The van der Waals surface area contributed by atoms with Crippen LogP contribution in [-0.4, -0.2) is 17.1 Å². The van der Waals surface area contributed by atoms with Crippen LogP contribution in [0.5, 0.6) is 0 Å². The third-order valence-corrected chi connectivity index (χ3v) is 1.98. The first-order chi connectivity index (χ1) is 6.05. The minimum atomic E-state index is -0.0981. The number of anilines is 1. The molecule has 1 aromatic rings. The molecule has 0 saturated carbocycles. The minimum absolute atomic E-state index is 0.0981. The van der Waals surface area contributed by atoms with Crippen molar-refractivity contribution in [3.8, 4) is 0 Å². The fourth-order valence-corrected chi connectivity index (χ4v) is 0.988. The Balaban J connectivity index is 2.80. The highest BCUT2D eigenvalue weighted by Gasteiger charge is 2.15. The van der Waals surface area contributed by atoms with Gasteiger partial charge < -0.3 is 11.1 Å². The second kappa shape index (κ2) is 3.75. The largest absolute Gasteiger partial charge is 0.364 e. The van der Waals surface area contributed by atoms with Gasteiger partial charge >= 0.3 is 0 Å². The molecule has 0 unspecified atom stereocenters. The maximum absolute atomic E-state index is 5.61. The van der Waals surface area contributed by atoms with Gasteiger partial charge in [-0.25, -0.2) is 4.98 Å². The summed E-state index contributed by atoms with van der Waals surface area (Å²) in [7, 11) is 0. The molecule has 0 aliphatic carbocycles. The Kier molecular flexibility index (Phi) is 2.88. The smallest absolute Gasteiger partial charge is 0.129 e. The lowest BCUT2D eigenvalue weighted by Crippen LogP contribution is -2.39. The summed E-state index contributed by atoms with van der Waals surface area (Å²) in [6, 6.07) is 3.96. The van der Waals surface area contributed by atoms with Crippen molar-refractivity contribution in [2.45, 2.75) is 26.3 Å². The molecule has 3 N–H and O–H groups in total. The van der Waals surface area contributed by atoms with E-state index in [1.54, 1.807) is 6.20 Å². The summed E-state index contributed by atoms with van der Waals surface area (Å²) < 4.78 is 0. The first-order valence-corrected chi connectivity index (χ1v) is 4.45. The van der Waals surface area contributed by atoms with E-state index in [1.165, 1.54) is 0 Å². The molecule has 0 saturated heterocycles. The Morgan fingerprint density at radius 1 is 1.54 bits per heavy atom. The number of hydrogen-bond donors (Lipinski definition) is 2. The van der Waals surface area contributed by atoms with Crippen molar-refractivity contribution < 1.29 is 0 Å². The van der Waals surface area contributed by atoms with Crippen LogP contribution in [0.25, 0.3) is 0 Å². The van der Waals surface area contributed by atoms with Gasteiger partial charge in [0.2, 0.25) is 0 Å². The monoisotopic (exact) mass is 179 g/mol. The van der Waals surface area contributed by atoms with Crippen LogP contribution < -0.4 is 11.1 Å². The second-order valence-corrected chi connectivity index (χ2v) is 3.88. The van der Waals surface area contributed by atoms with E-state index in [0.29, 0.717) is 6.54 Å². The lowest BCUT2D eigenvalue weighted by Gasteiger charge is -2.25. The van der Waals surface area contributed by atoms with Crippen LogP contribution in [0.3, 0.4) is 0 Å². The van der Waals surface area contributed by atoms with Gasteiger partial charge in [0.25, 0.3) is 0 Å². The number of nitrogens with two attached hydrogens (primary N) is 1. The number of pyridine rings is 1. The van der Waals surface area contributed by atoms with Gasteiger partial charge in [0.05, 0.1) is 0 Å². The summed E-state index contributed by atoms with van der Waals surface area (Å²) in [5.41, 5.74) is 6.66. The van der Waals surface area contributed by atoms with Gasteiger partial charge in [0, 0.05) is 18.3 Å².